The van der Waals surface area contributed by atoms with E-state index in [-0.39, 0.29) is 0 Å². The number of thiazole rings is 1. The number of carbonyl (C=O) groups excluding carboxylic acids is 1. The van der Waals surface area contributed by atoms with Crippen LogP contribution in [0.25, 0.3) is 16.2 Å². The first-order valence-electron chi connectivity index (χ1n) is 7.88. The highest BCUT2D eigenvalue weighted by Gasteiger charge is 2.13. The zero-order chi connectivity index (χ0) is 17.8. The number of aromatic nitrogens is 2. The lowest BCUT2D eigenvalue weighted by atomic mass is 10.1. The van der Waals surface area contributed by atoms with E-state index >= 15 is 0 Å². The summed E-state index contributed by atoms with van der Waals surface area (Å²) in [4.78, 5) is 22.2. The molecule has 0 aliphatic heterocycles. The van der Waals surface area contributed by atoms with Crippen molar-refractivity contribution in [2.24, 2.45) is 5.16 Å². The second-order valence-corrected chi connectivity index (χ2v) is 6.24. The minimum Gasteiger partial charge on any atom is -0.298 e. The van der Waals surface area contributed by atoms with E-state index in [1.54, 1.807) is 12.1 Å². The van der Waals surface area contributed by atoms with Crippen molar-refractivity contribution in [3.63, 3.8) is 0 Å². The van der Waals surface area contributed by atoms with Gasteiger partial charge in [0, 0.05) is 22.8 Å². The summed E-state index contributed by atoms with van der Waals surface area (Å²) in [5, 5.41) is 8.38. The lowest BCUT2D eigenvalue weighted by Crippen LogP contribution is -2.10. The van der Waals surface area contributed by atoms with Crippen molar-refractivity contribution in [3.05, 3.63) is 77.9 Å². The first-order chi connectivity index (χ1) is 12.8. The maximum atomic E-state index is 11.8. The third-order valence-electron chi connectivity index (χ3n) is 3.68. The highest BCUT2D eigenvalue weighted by Crippen LogP contribution is 2.25. The molecule has 7 heteroatoms. The van der Waals surface area contributed by atoms with E-state index in [2.05, 4.69) is 15.5 Å². The van der Waals surface area contributed by atoms with Crippen molar-refractivity contribution in [2.45, 2.75) is 0 Å². The van der Waals surface area contributed by atoms with Crippen molar-refractivity contribution in [3.8, 4) is 11.3 Å². The summed E-state index contributed by atoms with van der Waals surface area (Å²) in [5.74, 6) is 0. The fourth-order valence-corrected chi connectivity index (χ4v) is 3.24. The van der Waals surface area contributed by atoms with Crippen LogP contribution < -0.4 is 5.32 Å². The first kappa shape index (κ1) is 16.0. The largest absolute Gasteiger partial charge is 0.437 e. The molecule has 0 bridgehead atoms. The first-order valence-corrected chi connectivity index (χ1v) is 8.76. The number of nitrogens with zero attached hydrogens (tertiary/aromatic N) is 3. The molecule has 0 spiro atoms. The van der Waals surface area contributed by atoms with Gasteiger partial charge in [0.15, 0.2) is 4.96 Å². The number of amides is 1. The lowest BCUT2D eigenvalue weighted by Gasteiger charge is -2.02. The average Bonchev–Trinajstić information content (AvgIpc) is 3.25. The van der Waals surface area contributed by atoms with Gasteiger partial charge in [-0.1, -0.05) is 53.7 Å². The minimum absolute atomic E-state index is 0.641. The van der Waals surface area contributed by atoms with E-state index in [9.17, 15) is 4.79 Å². The van der Waals surface area contributed by atoms with E-state index in [0.717, 1.165) is 21.9 Å². The van der Waals surface area contributed by atoms with Gasteiger partial charge in [-0.05, 0) is 12.1 Å². The molecule has 0 aliphatic carbocycles. The van der Waals surface area contributed by atoms with Gasteiger partial charge in [0.1, 0.15) is 0 Å². The molecule has 2 aromatic heterocycles. The van der Waals surface area contributed by atoms with E-state index in [4.69, 9.17) is 4.84 Å². The van der Waals surface area contributed by atoms with Crippen molar-refractivity contribution < 1.29 is 9.63 Å². The number of carbonyl (C=O) groups is 1. The summed E-state index contributed by atoms with van der Waals surface area (Å²) in [6, 6.07) is 18.9. The van der Waals surface area contributed by atoms with Gasteiger partial charge in [-0.15, -0.1) is 11.3 Å². The molecule has 0 saturated heterocycles. The summed E-state index contributed by atoms with van der Waals surface area (Å²) < 4.78 is 1.91. The van der Waals surface area contributed by atoms with Gasteiger partial charge in [-0.3, -0.25) is 14.6 Å². The topological polar surface area (TPSA) is 68.0 Å². The zero-order valence-corrected chi connectivity index (χ0v) is 14.4. The van der Waals surface area contributed by atoms with Crippen molar-refractivity contribution in [1.29, 1.82) is 0 Å². The summed E-state index contributed by atoms with van der Waals surface area (Å²) in [6.07, 6.45) is 2.75. The van der Waals surface area contributed by atoms with Crippen LogP contribution in [0.15, 0.2) is 77.4 Å². The van der Waals surface area contributed by atoms with Crippen LogP contribution >= 0.6 is 11.3 Å². The Balaban J connectivity index is 1.55. The Hall–Kier alpha value is -3.45. The van der Waals surface area contributed by atoms with Gasteiger partial charge in [0.2, 0.25) is 0 Å². The zero-order valence-electron chi connectivity index (χ0n) is 13.6. The quantitative estimate of drug-likeness (QED) is 0.326. The van der Waals surface area contributed by atoms with Gasteiger partial charge >= 0.3 is 6.09 Å². The van der Waals surface area contributed by atoms with Crippen molar-refractivity contribution >= 4 is 34.3 Å². The molecule has 4 rings (SSSR count). The monoisotopic (exact) mass is 362 g/mol. The molecule has 1 N–H and O–H groups in total. The maximum absolute atomic E-state index is 11.8. The van der Waals surface area contributed by atoms with Crippen LogP contribution in [0.1, 0.15) is 5.69 Å². The molecule has 26 heavy (non-hydrogen) atoms. The molecular weight excluding hydrogens is 348 g/mol. The van der Waals surface area contributed by atoms with Gasteiger partial charge in [-0.2, -0.15) is 0 Å². The van der Waals surface area contributed by atoms with E-state index in [1.165, 1.54) is 17.6 Å². The van der Waals surface area contributed by atoms with Crippen LogP contribution in [0.4, 0.5) is 10.5 Å². The second-order valence-electron chi connectivity index (χ2n) is 5.37. The van der Waals surface area contributed by atoms with Crippen molar-refractivity contribution in [2.75, 3.05) is 5.32 Å². The van der Waals surface area contributed by atoms with Crippen LogP contribution in [0, 0.1) is 0 Å². The summed E-state index contributed by atoms with van der Waals surface area (Å²) >= 11 is 1.53. The minimum atomic E-state index is -0.653. The predicted octanol–water partition coefficient (Wildman–Crippen LogP) is 4.65. The number of anilines is 1. The normalized spacial score (nSPS) is 11.1. The van der Waals surface area contributed by atoms with E-state index < -0.39 is 6.09 Å². The number of nitrogens with one attached hydrogen (secondary N) is 1. The lowest BCUT2D eigenvalue weighted by molar-refractivity contribution is 0.167. The molecule has 6 nitrogen and oxygen atoms in total. The Morgan fingerprint density at radius 1 is 1.12 bits per heavy atom. The molecule has 2 heterocycles. The maximum Gasteiger partial charge on any atom is 0.437 e. The van der Waals surface area contributed by atoms with Gasteiger partial charge in [-0.25, -0.2) is 9.78 Å². The fraction of sp³-hybridized carbons (Fsp3) is 0. The summed E-state index contributed by atoms with van der Waals surface area (Å²) in [7, 11) is 0. The standard InChI is InChI=1S/C19H14N4O2S/c24-19(21-15-9-5-2-6-10-15)25-20-13-16-17(14-7-3-1-4-8-14)22-18-23(16)11-12-26-18/h1-13H,(H,21,24)/b20-13-. The van der Waals surface area contributed by atoms with Gasteiger partial charge in [0.25, 0.3) is 0 Å². The van der Waals surface area contributed by atoms with Crippen LogP contribution in [0.2, 0.25) is 0 Å². The Labute approximate surface area is 153 Å². The number of oxime groups is 1. The molecule has 0 atom stereocenters. The fourth-order valence-electron chi connectivity index (χ4n) is 2.52. The molecule has 0 saturated carbocycles. The highest BCUT2D eigenvalue weighted by molar-refractivity contribution is 7.15. The Morgan fingerprint density at radius 2 is 1.85 bits per heavy atom. The number of benzene rings is 2. The number of fused-ring (bicyclic) bond motifs is 1. The second kappa shape index (κ2) is 7.20. The molecule has 0 radical (unpaired) electrons. The molecule has 0 fully saturated rings. The number of hydrogen-bond acceptors (Lipinski definition) is 5. The average molecular weight is 362 g/mol. The van der Waals surface area contributed by atoms with Crippen LogP contribution in [-0.4, -0.2) is 21.7 Å². The Morgan fingerprint density at radius 3 is 2.62 bits per heavy atom. The van der Waals surface area contributed by atoms with Crippen molar-refractivity contribution in [1.82, 2.24) is 9.38 Å². The molecular formula is C19H14N4O2S. The van der Waals surface area contributed by atoms with Gasteiger partial charge < -0.3 is 0 Å². The number of imidazole rings is 1. The molecule has 4 aromatic rings. The predicted molar refractivity (Wildman–Crippen MR) is 103 cm³/mol. The van der Waals surface area contributed by atoms with E-state index in [0.29, 0.717) is 5.69 Å². The smallest absolute Gasteiger partial charge is 0.298 e. The summed E-state index contributed by atoms with van der Waals surface area (Å²) in [6.45, 7) is 0. The number of para-hydroxylation sites is 1. The molecule has 2 aromatic carbocycles. The Bertz CT molecular complexity index is 1060. The highest BCUT2D eigenvalue weighted by atomic mass is 32.1. The molecule has 0 aliphatic rings. The van der Waals surface area contributed by atoms with Gasteiger partial charge in [0.05, 0.1) is 17.6 Å². The molecule has 128 valence electrons. The SMILES string of the molecule is O=C(Nc1ccccc1)O/N=C\c1c(-c2ccccc2)nc2sccn12. The summed E-state index contributed by atoms with van der Waals surface area (Å²) in [5.41, 5.74) is 3.15. The van der Waals surface area contributed by atoms with Crippen LogP contribution in [-0.2, 0) is 4.84 Å². The third-order valence-corrected chi connectivity index (χ3v) is 4.43. The molecule has 0 unspecified atom stereocenters. The Kier molecular flexibility index (Phi) is 4.44. The number of hydrogen-bond donors (Lipinski definition) is 1. The van der Waals surface area contributed by atoms with E-state index in [1.807, 2.05) is 64.5 Å². The van der Waals surface area contributed by atoms with Crippen LogP contribution in [0.5, 0.6) is 0 Å². The third kappa shape index (κ3) is 3.33. The van der Waals surface area contributed by atoms with Crippen LogP contribution in [0.3, 0.4) is 0 Å². The molecule has 1 amide bonds. The number of rotatable bonds is 4.